The highest BCUT2D eigenvalue weighted by Crippen LogP contribution is 2.34. The molecule has 0 saturated carbocycles. The largest absolute Gasteiger partial charge is 0.352 e. The number of aromatic nitrogens is 5. The van der Waals surface area contributed by atoms with E-state index in [1.54, 1.807) is 0 Å². The number of likely N-dealkylation sites (N-methyl/N-ethyl adjacent to an activating group) is 1. The summed E-state index contributed by atoms with van der Waals surface area (Å²) < 4.78 is 1.88. The molecule has 0 aliphatic carbocycles. The molecule has 1 aromatic carbocycles. The Bertz CT molecular complexity index is 1130. The minimum Gasteiger partial charge on any atom is -0.352 e. The molecule has 1 aliphatic rings. The molecule has 7 nitrogen and oxygen atoms in total. The van der Waals surface area contributed by atoms with Crippen LogP contribution in [0.1, 0.15) is 11.4 Å². The fraction of sp³-hybridized carbons (Fsp3) is 0.350. The Morgan fingerprint density at radius 1 is 0.963 bits per heavy atom. The minimum absolute atomic E-state index is 0.754. The lowest BCUT2D eigenvalue weighted by molar-refractivity contribution is 0.312. The Balaban J connectivity index is 1.78. The maximum atomic E-state index is 4.68. The van der Waals surface area contributed by atoms with Crippen LogP contribution in [0.4, 0.5) is 5.82 Å². The van der Waals surface area contributed by atoms with Crippen molar-refractivity contribution in [1.29, 1.82) is 0 Å². The summed E-state index contributed by atoms with van der Waals surface area (Å²) in [5, 5.41) is 16.2. The average Bonchev–Trinajstić information content (AvgIpc) is 3.21. The van der Waals surface area contributed by atoms with Gasteiger partial charge in [-0.3, -0.25) is 0 Å². The van der Waals surface area contributed by atoms with Gasteiger partial charge in [0.25, 0.3) is 0 Å². The predicted molar refractivity (Wildman–Crippen MR) is 108 cm³/mol. The van der Waals surface area contributed by atoms with Crippen molar-refractivity contribution in [3.05, 3.63) is 41.7 Å². The lowest BCUT2D eigenvalue weighted by Crippen LogP contribution is -2.45. The second kappa shape index (κ2) is 6.06. The van der Waals surface area contributed by atoms with Crippen molar-refractivity contribution in [3.8, 4) is 5.82 Å². The first kappa shape index (κ1) is 16.3. The van der Waals surface area contributed by atoms with Crippen LogP contribution in [0.3, 0.4) is 0 Å². The van der Waals surface area contributed by atoms with Gasteiger partial charge < -0.3 is 14.8 Å². The Hall–Kier alpha value is -2.93. The number of hydrogen-bond donors (Lipinski definition) is 1. The number of aromatic amines is 1. The zero-order chi connectivity index (χ0) is 18.5. The van der Waals surface area contributed by atoms with Crippen molar-refractivity contribution in [1.82, 2.24) is 29.9 Å². The number of anilines is 1. The monoisotopic (exact) mass is 361 g/mol. The molecule has 1 aliphatic heterocycles. The topological polar surface area (TPSA) is 65.9 Å². The van der Waals surface area contributed by atoms with Gasteiger partial charge in [-0.25, -0.2) is 4.68 Å². The van der Waals surface area contributed by atoms with E-state index in [9.17, 15) is 0 Å². The van der Waals surface area contributed by atoms with Crippen molar-refractivity contribution in [2.24, 2.45) is 0 Å². The lowest BCUT2D eigenvalue weighted by atomic mass is 10.1. The molecule has 4 aromatic rings. The summed E-state index contributed by atoms with van der Waals surface area (Å²) in [6.07, 6.45) is 0. The van der Waals surface area contributed by atoms with E-state index in [1.165, 1.54) is 5.39 Å². The van der Waals surface area contributed by atoms with E-state index in [0.29, 0.717) is 0 Å². The van der Waals surface area contributed by atoms with Crippen LogP contribution < -0.4 is 4.90 Å². The maximum absolute atomic E-state index is 4.68. The van der Waals surface area contributed by atoms with Crippen LogP contribution in [0.2, 0.25) is 0 Å². The van der Waals surface area contributed by atoms with Crippen LogP contribution >= 0.6 is 0 Å². The first-order chi connectivity index (χ1) is 13.1. The summed E-state index contributed by atoms with van der Waals surface area (Å²) >= 11 is 0. The first-order valence-electron chi connectivity index (χ1n) is 9.36. The second-order valence-electron chi connectivity index (χ2n) is 7.40. The number of hydrogen-bond acceptors (Lipinski definition) is 5. The highest BCUT2D eigenvalue weighted by Gasteiger charge is 2.23. The Morgan fingerprint density at radius 3 is 2.44 bits per heavy atom. The molecule has 1 saturated heterocycles. The van der Waals surface area contributed by atoms with Gasteiger partial charge in [-0.15, -0.1) is 10.2 Å². The molecule has 0 spiro atoms. The van der Waals surface area contributed by atoms with E-state index in [2.05, 4.69) is 67.5 Å². The highest BCUT2D eigenvalue weighted by atomic mass is 15.4. The van der Waals surface area contributed by atoms with Gasteiger partial charge in [-0.2, -0.15) is 5.10 Å². The number of benzene rings is 1. The number of piperazine rings is 1. The van der Waals surface area contributed by atoms with Gasteiger partial charge in [0.1, 0.15) is 0 Å². The van der Waals surface area contributed by atoms with E-state index < -0.39 is 0 Å². The number of rotatable bonds is 2. The number of aryl methyl sites for hydroxylation is 2. The third-order valence-electron chi connectivity index (χ3n) is 5.41. The fourth-order valence-corrected chi connectivity index (χ4v) is 3.97. The third kappa shape index (κ3) is 2.57. The van der Waals surface area contributed by atoms with E-state index >= 15 is 0 Å². The average molecular weight is 361 g/mol. The van der Waals surface area contributed by atoms with Crippen LogP contribution in [-0.2, 0) is 0 Å². The summed E-state index contributed by atoms with van der Waals surface area (Å²) in [7, 11) is 2.16. The Labute approximate surface area is 157 Å². The Morgan fingerprint density at radius 2 is 1.70 bits per heavy atom. The van der Waals surface area contributed by atoms with Crippen LogP contribution in [0.25, 0.3) is 27.6 Å². The Kier molecular flexibility index (Phi) is 3.65. The molecule has 0 bridgehead atoms. The SMILES string of the molecule is Cc1cc(C)n(-c2nnc(N3CCN(C)CC3)c3c2[nH]c2ccccc23)n1. The molecule has 27 heavy (non-hydrogen) atoms. The summed E-state index contributed by atoms with van der Waals surface area (Å²) in [5.74, 6) is 1.71. The van der Waals surface area contributed by atoms with Crippen molar-refractivity contribution in [3.63, 3.8) is 0 Å². The summed E-state index contributed by atoms with van der Waals surface area (Å²) in [5.41, 5.74) is 4.11. The van der Waals surface area contributed by atoms with E-state index in [0.717, 1.165) is 65.6 Å². The minimum atomic E-state index is 0.754. The van der Waals surface area contributed by atoms with Crippen LogP contribution in [-0.4, -0.2) is 63.1 Å². The number of nitrogens with zero attached hydrogens (tertiary/aromatic N) is 6. The fourth-order valence-electron chi connectivity index (χ4n) is 3.97. The van der Waals surface area contributed by atoms with Crippen molar-refractivity contribution < 1.29 is 0 Å². The van der Waals surface area contributed by atoms with Gasteiger partial charge in [0.15, 0.2) is 11.6 Å². The molecule has 0 unspecified atom stereocenters. The van der Waals surface area contributed by atoms with Crippen molar-refractivity contribution >= 4 is 27.6 Å². The molecule has 138 valence electrons. The molecule has 3 aromatic heterocycles. The van der Waals surface area contributed by atoms with Crippen LogP contribution in [0.5, 0.6) is 0 Å². The number of nitrogens with one attached hydrogen (secondary N) is 1. The molecule has 4 heterocycles. The molecule has 5 rings (SSSR count). The normalized spacial score (nSPS) is 15.9. The van der Waals surface area contributed by atoms with Gasteiger partial charge in [0.2, 0.25) is 0 Å². The number of para-hydroxylation sites is 1. The smallest absolute Gasteiger partial charge is 0.200 e. The van der Waals surface area contributed by atoms with E-state index in [1.807, 2.05) is 18.5 Å². The molecule has 0 amide bonds. The van der Waals surface area contributed by atoms with Gasteiger partial charge >= 0.3 is 0 Å². The standard InChI is InChI=1S/C20H23N7/c1-13-12-14(2)27(24-13)20-18-17(15-6-4-5-7-16(15)21-18)19(22-23-20)26-10-8-25(3)9-11-26/h4-7,12,21H,8-11H2,1-3H3. The lowest BCUT2D eigenvalue weighted by Gasteiger charge is -2.33. The summed E-state index contributed by atoms with van der Waals surface area (Å²) in [4.78, 5) is 8.27. The molecule has 0 atom stereocenters. The number of fused-ring (bicyclic) bond motifs is 3. The predicted octanol–water partition coefficient (Wildman–Crippen LogP) is 2.67. The van der Waals surface area contributed by atoms with Gasteiger partial charge in [-0.05, 0) is 33.0 Å². The molecule has 1 fully saturated rings. The molecule has 1 N–H and O–H groups in total. The summed E-state index contributed by atoms with van der Waals surface area (Å²) in [6, 6.07) is 10.4. The van der Waals surface area contributed by atoms with Crippen molar-refractivity contribution in [2.45, 2.75) is 13.8 Å². The molecular weight excluding hydrogens is 338 g/mol. The molecule has 7 heteroatoms. The van der Waals surface area contributed by atoms with Gasteiger partial charge in [0.05, 0.1) is 16.6 Å². The molecule has 0 radical (unpaired) electrons. The van der Waals surface area contributed by atoms with Gasteiger partial charge in [-0.1, -0.05) is 18.2 Å². The van der Waals surface area contributed by atoms with E-state index in [-0.39, 0.29) is 0 Å². The number of H-pyrrole nitrogens is 1. The quantitative estimate of drug-likeness (QED) is 0.595. The van der Waals surface area contributed by atoms with Crippen molar-refractivity contribution in [2.75, 3.05) is 38.1 Å². The zero-order valence-corrected chi connectivity index (χ0v) is 15.9. The molecular formula is C20H23N7. The van der Waals surface area contributed by atoms with Gasteiger partial charge in [0, 0.05) is 42.8 Å². The van der Waals surface area contributed by atoms with E-state index in [4.69, 9.17) is 0 Å². The third-order valence-corrected chi connectivity index (χ3v) is 5.41. The zero-order valence-electron chi connectivity index (χ0n) is 15.9. The highest BCUT2D eigenvalue weighted by molar-refractivity contribution is 6.14. The van der Waals surface area contributed by atoms with Crippen LogP contribution in [0.15, 0.2) is 30.3 Å². The summed E-state index contributed by atoms with van der Waals surface area (Å²) in [6.45, 7) is 8.02. The first-order valence-corrected chi connectivity index (χ1v) is 9.36. The maximum Gasteiger partial charge on any atom is 0.200 e. The van der Waals surface area contributed by atoms with Crippen LogP contribution in [0, 0.1) is 13.8 Å². The second-order valence-corrected chi connectivity index (χ2v) is 7.40.